The fourth-order valence-electron chi connectivity index (χ4n) is 1.94. The molecule has 0 aliphatic carbocycles. The number of hydrogen-bond donors (Lipinski definition) is 0. The van der Waals surface area contributed by atoms with Crippen molar-refractivity contribution in [1.29, 1.82) is 0 Å². The smallest absolute Gasteiger partial charge is 0.173 e. The van der Waals surface area contributed by atoms with Gasteiger partial charge in [0.15, 0.2) is 11.6 Å². The molecule has 0 unspecified atom stereocenters. The van der Waals surface area contributed by atoms with Gasteiger partial charge < -0.3 is 0 Å². The molecule has 1 aromatic rings. The van der Waals surface area contributed by atoms with Crippen LogP contribution >= 0.6 is 11.8 Å². The van der Waals surface area contributed by atoms with E-state index in [0.29, 0.717) is 23.4 Å². The van der Waals surface area contributed by atoms with Crippen LogP contribution in [0.15, 0.2) is 41.0 Å². The van der Waals surface area contributed by atoms with E-state index >= 15 is 0 Å². The second kappa shape index (κ2) is 6.66. The third kappa shape index (κ3) is 3.90. The van der Waals surface area contributed by atoms with E-state index in [2.05, 4.69) is 11.9 Å². The van der Waals surface area contributed by atoms with Gasteiger partial charge in [-0.1, -0.05) is 31.2 Å². The molecule has 104 valence electrons. The van der Waals surface area contributed by atoms with Gasteiger partial charge in [0, 0.05) is 17.3 Å². The van der Waals surface area contributed by atoms with Crippen molar-refractivity contribution in [3.63, 3.8) is 0 Å². The van der Waals surface area contributed by atoms with Crippen LogP contribution in [0.2, 0.25) is 0 Å². The molecule has 0 spiro atoms. The van der Waals surface area contributed by atoms with Gasteiger partial charge in [-0.05, 0) is 18.9 Å². The topological polar surface area (TPSA) is 46.5 Å². The van der Waals surface area contributed by atoms with Gasteiger partial charge in [0.2, 0.25) is 0 Å². The van der Waals surface area contributed by atoms with Crippen molar-refractivity contribution < 1.29 is 9.59 Å². The normalized spacial score (nSPS) is 14.8. The SMILES string of the molecule is CCc1ccc(C(=O)CSC2=NC(C)=CC(=O)C2)cc1. The molecule has 0 saturated heterocycles. The van der Waals surface area contributed by atoms with E-state index < -0.39 is 0 Å². The molecule has 0 fully saturated rings. The van der Waals surface area contributed by atoms with Gasteiger partial charge >= 0.3 is 0 Å². The second-order valence-corrected chi connectivity index (χ2v) is 5.75. The zero-order valence-corrected chi connectivity index (χ0v) is 12.5. The summed E-state index contributed by atoms with van der Waals surface area (Å²) in [4.78, 5) is 27.8. The fourth-order valence-corrected chi connectivity index (χ4v) is 2.86. The van der Waals surface area contributed by atoms with Crippen molar-refractivity contribution >= 4 is 28.4 Å². The van der Waals surface area contributed by atoms with Gasteiger partial charge in [0.25, 0.3) is 0 Å². The fraction of sp³-hybridized carbons (Fsp3) is 0.312. The Morgan fingerprint density at radius 1 is 1.30 bits per heavy atom. The minimum Gasteiger partial charge on any atom is -0.294 e. The first-order valence-corrected chi connectivity index (χ1v) is 7.60. The Hall–Kier alpha value is -1.68. The molecule has 20 heavy (non-hydrogen) atoms. The molecule has 1 aliphatic heterocycles. The van der Waals surface area contributed by atoms with Crippen LogP contribution in [-0.2, 0) is 11.2 Å². The number of rotatable bonds is 4. The van der Waals surface area contributed by atoms with Crippen molar-refractivity contribution in [2.75, 3.05) is 5.75 Å². The Balaban J connectivity index is 1.95. The molecule has 1 aromatic carbocycles. The highest BCUT2D eigenvalue weighted by Crippen LogP contribution is 2.18. The van der Waals surface area contributed by atoms with Crippen LogP contribution in [0, 0.1) is 0 Å². The average molecular weight is 287 g/mol. The van der Waals surface area contributed by atoms with Crippen molar-refractivity contribution in [3.8, 4) is 0 Å². The molecule has 1 aliphatic rings. The Labute approximate surface area is 123 Å². The molecule has 1 heterocycles. The van der Waals surface area contributed by atoms with Gasteiger partial charge in [0.05, 0.1) is 17.2 Å². The summed E-state index contributed by atoms with van der Waals surface area (Å²) >= 11 is 1.36. The quantitative estimate of drug-likeness (QED) is 0.797. The molecule has 0 N–H and O–H groups in total. The number of ketones is 2. The molecule has 0 amide bonds. The van der Waals surface area contributed by atoms with E-state index in [1.807, 2.05) is 24.3 Å². The lowest BCUT2D eigenvalue weighted by Gasteiger charge is -2.09. The summed E-state index contributed by atoms with van der Waals surface area (Å²) in [6.07, 6.45) is 2.81. The highest BCUT2D eigenvalue weighted by molar-refractivity contribution is 8.14. The predicted octanol–water partition coefficient (Wildman–Crippen LogP) is 3.44. The summed E-state index contributed by atoms with van der Waals surface area (Å²) in [7, 11) is 0. The van der Waals surface area contributed by atoms with Crippen LogP contribution in [0.3, 0.4) is 0 Å². The summed E-state index contributed by atoms with van der Waals surface area (Å²) in [5.74, 6) is 0.449. The summed E-state index contributed by atoms with van der Waals surface area (Å²) in [5, 5.41) is 0.730. The van der Waals surface area contributed by atoms with E-state index in [1.54, 1.807) is 6.92 Å². The Kier molecular flexibility index (Phi) is 4.90. The molecule has 0 saturated carbocycles. The van der Waals surface area contributed by atoms with Gasteiger partial charge in [-0.2, -0.15) is 0 Å². The molecular weight excluding hydrogens is 270 g/mol. The molecule has 4 heteroatoms. The number of nitrogens with zero attached hydrogens (tertiary/aromatic N) is 1. The van der Waals surface area contributed by atoms with Crippen LogP contribution < -0.4 is 0 Å². The van der Waals surface area contributed by atoms with E-state index in [1.165, 1.54) is 23.4 Å². The Bertz CT molecular complexity index is 585. The predicted molar refractivity (Wildman–Crippen MR) is 83.4 cm³/mol. The van der Waals surface area contributed by atoms with Crippen molar-refractivity contribution in [2.45, 2.75) is 26.7 Å². The highest BCUT2D eigenvalue weighted by atomic mass is 32.2. The van der Waals surface area contributed by atoms with Crippen molar-refractivity contribution in [2.24, 2.45) is 4.99 Å². The monoisotopic (exact) mass is 287 g/mol. The lowest BCUT2D eigenvalue weighted by atomic mass is 10.1. The standard InChI is InChI=1S/C16H17NO2S/c1-3-12-4-6-13(7-5-12)15(19)10-20-16-9-14(18)8-11(2)17-16/h4-8H,3,9-10H2,1-2H3. The van der Waals surface area contributed by atoms with Crippen molar-refractivity contribution in [3.05, 3.63) is 47.2 Å². The first-order valence-electron chi connectivity index (χ1n) is 6.62. The van der Waals surface area contributed by atoms with Crippen LogP contribution in [0.5, 0.6) is 0 Å². The third-order valence-electron chi connectivity index (χ3n) is 3.05. The van der Waals surface area contributed by atoms with Gasteiger partial charge in [-0.25, -0.2) is 0 Å². The van der Waals surface area contributed by atoms with Gasteiger partial charge in [0.1, 0.15) is 0 Å². The minimum absolute atomic E-state index is 0.0553. The average Bonchev–Trinajstić information content (AvgIpc) is 2.44. The van der Waals surface area contributed by atoms with Crippen molar-refractivity contribution in [1.82, 2.24) is 0 Å². The van der Waals surface area contributed by atoms with Gasteiger partial charge in [-0.15, -0.1) is 11.8 Å². The molecule has 0 aromatic heterocycles. The van der Waals surface area contributed by atoms with Crippen LogP contribution in [-0.4, -0.2) is 22.4 Å². The maximum Gasteiger partial charge on any atom is 0.173 e. The lowest BCUT2D eigenvalue weighted by Crippen LogP contribution is -2.11. The number of carbonyl (C=O) groups excluding carboxylic acids is 2. The van der Waals surface area contributed by atoms with E-state index in [4.69, 9.17) is 0 Å². The first kappa shape index (κ1) is 14.7. The van der Waals surface area contributed by atoms with Crippen LogP contribution in [0.1, 0.15) is 36.2 Å². The van der Waals surface area contributed by atoms with Crippen LogP contribution in [0.4, 0.5) is 0 Å². The van der Waals surface area contributed by atoms with Gasteiger partial charge in [-0.3, -0.25) is 14.6 Å². The molecule has 0 bridgehead atoms. The number of allylic oxidation sites excluding steroid dienone is 2. The number of aliphatic imine (C=N–C) groups is 1. The minimum atomic E-state index is 0.0553. The molecule has 0 radical (unpaired) electrons. The third-order valence-corrected chi connectivity index (χ3v) is 4.03. The molecule has 2 rings (SSSR count). The summed E-state index contributed by atoms with van der Waals surface area (Å²) in [5.41, 5.74) is 2.64. The number of hydrogen-bond acceptors (Lipinski definition) is 4. The number of benzene rings is 1. The highest BCUT2D eigenvalue weighted by Gasteiger charge is 2.14. The van der Waals surface area contributed by atoms with E-state index in [9.17, 15) is 9.59 Å². The largest absolute Gasteiger partial charge is 0.294 e. The summed E-state index contributed by atoms with van der Waals surface area (Å²) in [6, 6.07) is 7.68. The number of Topliss-reactive ketones (excluding diaryl/α,β-unsaturated/α-hetero) is 1. The molecule has 0 atom stereocenters. The Morgan fingerprint density at radius 2 is 2.00 bits per heavy atom. The summed E-state index contributed by atoms with van der Waals surface area (Å²) < 4.78 is 0. The summed E-state index contributed by atoms with van der Waals surface area (Å²) in [6.45, 7) is 3.88. The maximum absolute atomic E-state index is 12.1. The zero-order chi connectivity index (χ0) is 14.5. The maximum atomic E-state index is 12.1. The first-order chi connectivity index (χ1) is 9.58. The van der Waals surface area contributed by atoms with E-state index in [-0.39, 0.29) is 11.6 Å². The zero-order valence-electron chi connectivity index (χ0n) is 11.7. The van der Waals surface area contributed by atoms with Crippen LogP contribution in [0.25, 0.3) is 0 Å². The number of carbonyl (C=O) groups is 2. The lowest BCUT2D eigenvalue weighted by molar-refractivity contribution is -0.113. The van der Waals surface area contributed by atoms with E-state index in [0.717, 1.165) is 11.5 Å². The number of aryl methyl sites for hydroxylation is 1. The molecular formula is C16H17NO2S. The second-order valence-electron chi connectivity index (χ2n) is 4.70. The molecule has 3 nitrogen and oxygen atoms in total. The Morgan fingerprint density at radius 3 is 2.60 bits per heavy atom. The number of thioether (sulfide) groups is 1.